The topological polar surface area (TPSA) is 26.3 Å². The second-order valence-corrected chi connectivity index (χ2v) is 5.78. The van der Waals surface area contributed by atoms with Crippen LogP contribution in [0.1, 0.15) is 51.4 Å². The summed E-state index contributed by atoms with van der Waals surface area (Å²) in [4.78, 5) is 11.6. The molecule has 0 bridgehead atoms. The molecule has 0 N–H and O–H groups in total. The molecular weight excluding hydrogens is 200 g/mol. The van der Waals surface area contributed by atoms with Crippen molar-refractivity contribution in [1.29, 1.82) is 0 Å². The van der Waals surface area contributed by atoms with Gasteiger partial charge in [0.2, 0.25) is 0 Å². The molecular formula is C14H20O2. The number of hydrogen-bond donors (Lipinski definition) is 0. The lowest BCUT2D eigenvalue weighted by atomic mass is 9.62. The van der Waals surface area contributed by atoms with E-state index in [0.29, 0.717) is 11.5 Å². The van der Waals surface area contributed by atoms with Gasteiger partial charge in [0.15, 0.2) is 0 Å². The highest BCUT2D eigenvalue weighted by molar-refractivity contribution is 5.90. The summed E-state index contributed by atoms with van der Waals surface area (Å²) in [7, 11) is 0. The predicted molar refractivity (Wildman–Crippen MR) is 61.9 cm³/mol. The van der Waals surface area contributed by atoms with E-state index < -0.39 is 0 Å². The molecule has 1 aliphatic heterocycles. The number of esters is 1. The number of fused-ring (bicyclic) bond motifs is 2. The van der Waals surface area contributed by atoms with Gasteiger partial charge in [-0.2, -0.15) is 0 Å². The largest absolute Gasteiger partial charge is 0.455 e. The molecule has 3 fully saturated rings. The van der Waals surface area contributed by atoms with Crippen molar-refractivity contribution in [3.05, 3.63) is 12.2 Å². The van der Waals surface area contributed by atoms with Gasteiger partial charge in [-0.1, -0.05) is 25.8 Å². The monoisotopic (exact) mass is 220 g/mol. The van der Waals surface area contributed by atoms with Gasteiger partial charge in [-0.25, -0.2) is 4.79 Å². The summed E-state index contributed by atoms with van der Waals surface area (Å²) in [5, 5.41) is 0. The number of ether oxygens (including phenoxy) is 1. The van der Waals surface area contributed by atoms with E-state index in [-0.39, 0.29) is 11.6 Å². The first-order valence-electron chi connectivity index (χ1n) is 6.62. The average Bonchev–Trinajstić information content (AvgIpc) is 2.56. The molecule has 2 nitrogen and oxygen atoms in total. The Morgan fingerprint density at radius 3 is 2.69 bits per heavy atom. The van der Waals surface area contributed by atoms with Crippen LogP contribution in [-0.2, 0) is 9.53 Å². The van der Waals surface area contributed by atoms with E-state index in [1.165, 1.54) is 38.5 Å². The Labute approximate surface area is 97.1 Å². The summed E-state index contributed by atoms with van der Waals surface area (Å²) in [6.45, 7) is 3.85. The van der Waals surface area contributed by atoms with Gasteiger partial charge in [-0.3, -0.25) is 0 Å². The van der Waals surface area contributed by atoms with Crippen molar-refractivity contribution < 1.29 is 9.53 Å². The lowest BCUT2D eigenvalue weighted by molar-refractivity contribution is -0.160. The fourth-order valence-electron chi connectivity index (χ4n) is 4.17. The third-order valence-electron chi connectivity index (χ3n) is 4.86. The molecule has 1 heterocycles. The lowest BCUT2D eigenvalue weighted by Gasteiger charge is -2.47. The normalized spacial score (nSPS) is 43.2. The zero-order valence-corrected chi connectivity index (χ0v) is 9.84. The highest BCUT2D eigenvalue weighted by atomic mass is 16.6. The Balaban J connectivity index is 1.88. The molecule has 2 heteroatoms. The molecule has 1 spiro atoms. The zero-order valence-electron chi connectivity index (χ0n) is 9.84. The average molecular weight is 220 g/mol. The first-order valence-corrected chi connectivity index (χ1v) is 6.62. The van der Waals surface area contributed by atoms with Gasteiger partial charge in [-0.15, -0.1) is 0 Å². The molecule has 2 saturated carbocycles. The molecule has 3 aliphatic rings. The third kappa shape index (κ3) is 1.42. The molecule has 0 aromatic heterocycles. The Bertz CT molecular complexity index is 314. The maximum Gasteiger partial charge on any atom is 0.334 e. The minimum absolute atomic E-state index is 0.133. The van der Waals surface area contributed by atoms with E-state index in [2.05, 4.69) is 6.58 Å². The van der Waals surface area contributed by atoms with Crippen LogP contribution in [0.5, 0.6) is 0 Å². The van der Waals surface area contributed by atoms with Gasteiger partial charge in [0.25, 0.3) is 0 Å². The lowest BCUT2D eigenvalue weighted by Crippen LogP contribution is -2.46. The third-order valence-corrected chi connectivity index (χ3v) is 4.86. The molecule has 0 aromatic rings. The SMILES string of the molecule is C=C1C[C@]2(CCC[C@H]3CCCC[C@@H]32)OC1=O. The van der Waals surface area contributed by atoms with E-state index in [9.17, 15) is 4.79 Å². The Morgan fingerprint density at radius 2 is 1.94 bits per heavy atom. The first-order chi connectivity index (χ1) is 7.71. The summed E-state index contributed by atoms with van der Waals surface area (Å²) in [5.41, 5.74) is 0.559. The van der Waals surface area contributed by atoms with Crippen LogP contribution in [0.25, 0.3) is 0 Å². The van der Waals surface area contributed by atoms with Gasteiger partial charge >= 0.3 is 5.97 Å². The fourth-order valence-corrected chi connectivity index (χ4v) is 4.17. The quantitative estimate of drug-likeness (QED) is 0.463. The van der Waals surface area contributed by atoms with Crippen molar-refractivity contribution in [2.45, 2.75) is 57.0 Å². The molecule has 0 amide bonds. The van der Waals surface area contributed by atoms with E-state index in [1.54, 1.807) is 0 Å². The fraction of sp³-hybridized carbons (Fsp3) is 0.786. The smallest absolute Gasteiger partial charge is 0.334 e. The van der Waals surface area contributed by atoms with E-state index in [1.807, 2.05) is 0 Å². The summed E-state index contributed by atoms with van der Waals surface area (Å²) >= 11 is 0. The minimum atomic E-state index is -0.141. The van der Waals surface area contributed by atoms with Gasteiger partial charge < -0.3 is 4.74 Å². The van der Waals surface area contributed by atoms with Crippen LogP contribution < -0.4 is 0 Å². The molecule has 16 heavy (non-hydrogen) atoms. The maximum absolute atomic E-state index is 11.6. The van der Waals surface area contributed by atoms with Crippen LogP contribution in [0.2, 0.25) is 0 Å². The molecule has 0 radical (unpaired) electrons. The predicted octanol–water partition coefficient (Wildman–Crippen LogP) is 3.22. The van der Waals surface area contributed by atoms with E-state index in [0.717, 1.165) is 18.8 Å². The van der Waals surface area contributed by atoms with Crippen molar-refractivity contribution >= 4 is 5.97 Å². The summed E-state index contributed by atoms with van der Waals surface area (Å²) < 4.78 is 5.73. The van der Waals surface area contributed by atoms with Crippen molar-refractivity contribution in [3.8, 4) is 0 Å². The maximum atomic E-state index is 11.6. The van der Waals surface area contributed by atoms with Gasteiger partial charge in [0, 0.05) is 17.9 Å². The van der Waals surface area contributed by atoms with Crippen LogP contribution >= 0.6 is 0 Å². The van der Waals surface area contributed by atoms with Crippen molar-refractivity contribution in [3.63, 3.8) is 0 Å². The van der Waals surface area contributed by atoms with Gasteiger partial charge in [-0.05, 0) is 31.6 Å². The van der Waals surface area contributed by atoms with Crippen LogP contribution in [0, 0.1) is 11.8 Å². The first kappa shape index (κ1) is 10.4. The summed E-state index contributed by atoms with van der Waals surface area (Å²) in [6, 6.07) is 0. The van der Waals surface area contributed by atoms with Crippen molar-refractivity contribution in [2.24, 2.45) is 11.8 Å². The van der Waals surface area contributed by atoms with E-state index in [4.69, 9.17) is 4.74 Å². The Morgan fingerprint density at radius 1 is 1.19 bits per heavy atom. The van der Waals surface area contributed by atoms with Crippen LogP contribution in [0.15, 0.2) is 12.2 Å². The number of rotatable bonds is 0. The van der Waals surface area contributed by atoms with Crippen molar-refractivity contribution in [1.82, 2.24) is 0 Å². The number of carbonyl (C=O) groups excluding carboxylic acids is 1. The van der Waals surface area contributed by atoms with Crippen LogP contribution in [-0.4, -0.2) is 11.6 Å². The van der Waals surface area contributed by atoms with Crippen molar-refractivity contribution in [2.75, 3.05) is 0 Å². The Hall–Kier alpha value is -0.790. The standard InChI is InChI=1S/C14H20O2/c1-10-9-14(16-13(10)15)8-4-6-11-5-2-3-7-12(11)14/h11-12H,1-9H2/t11-,12+,14+/m1/s1. The molecule has 1 saturated heterocycles. The van der Waals surface area contributed by atoms with E-state index >= 15 is 0 Å². The summed E-state index contributed by atoms with van der Waals surface area (Å²) in [5.74, 6) is 1.30. The van der Waals surface area contributed by atoms with Gasteiger partial charge in [0.1, 0.15) is 5.60 Å². The molecule has 2 aliphatic carbocycles. The minimum Gasteiger partial charge on any atom is -0.455 e. The van der Waals surface area contributed by atoms with Crippen LogP contribution in [0.4, 0.5) is 0 Å². The molecule has 0 aromatic carbocycles. The second-order valence-electron chi connectivity index (χ2n) is 5.78. The molecule has 3 atom stereocenters. The highest BCUT2D eigenvalue weighted by Gasteiger charge is 2.53. The zero-order chi connectivity index (χ0) is 11.2. The molecule has 3 rings (SSSR count). The van der Waals surface area contributed by atoms with Gasteiger partial charge in [0.05, 0.1) is 0 Å². The molecule has 88 valence electrons. The second kappa shape index (κ2) is 3.61. The number of hydrogen-bond acceptors (Lipinski definition) is 2. The highest BCUT2D eigenvalue weighted by Crippen LogP contribution is 2.52. The Kier molecular flexibility index (Phi) is 2.34. The molecule has 0 unspecified atom stereocenters. The number of carbonyl (C=O) groups is 1. The summed E-state index contributed by atoms with van der Waals surface area (Å²) in [6.07, 6.45) is 9.71. The van der Waals surface area contributed by atoms with Crippen LogP contribution in [0.3, 0.4) is 0 Å².